The Balaban J connectivity index is 1.95. The van der Waals surface area contributed by atoms with E-state index in [0.29, 0.717) is 17.5 Å². The maximum absolute atomic E-state index is 13.0. The number of likely N-dealkylation sites (tertiary alicyclic amines) is 1. The molecule has 1 saturated carbocycles. The third kappa shape index (κ3) is 3.28. The Morgan fingerprint density at radius 1 is 1.24 bits per heavy atom. The molecule has 0 aromatic heterocycles. The first-order valence-corrected chi connectivity index (χ1v) is 9.93. The number of amides is 1. The molecule has 136 valence electrons. The number of sulfonamides is 1. The largest absolute Gasteiger partial charge is 0.480 e. The first kappa shape index (κ1) is 17.9. The molecule has 3 N–H and O–H groups in total. The summed E-state index contributed by atoms with van der Waals surface area (Å²) in [6.07, 6.45) is 4.30. The minimum absolute atomic E-state index is 0.0317. The van der Waals surface area contributed by atoms with Crippen LogP contribution in [0.15, 0.2) is 23.1 Å². The topological polar surface area (TPSA) is 118 Å². The number of primary sulfonamides is 1. The number of rotatable bonds is 3. The first-order chi connectivity index (χ1) is 11.7. The van der Waals surface area contributed by atoms with Crippen molar-refractivity contribution in [2.45, 2.75) is 56.0 Å². The Morgan fingerprint density at radius 2 is 1.92 bits per heavy atom. The van der Waals surface area contributed by atoms with Crippen LogP contribution in [-0.2, 0) is 14.8 Å². The molecule has 2 fully saturated rings. The maximum atomic E-state index is 13.0. The van der Waals surface area contributed by atoms with Gasteiger partial charge in [0.2, 0.25) is 10.0 Å². The van der Waals surface area contributed by atoms with Crippen molar-refractivity contribution in [3.63, 3.8) is 0 Å². The lowest BCUT2D eigenvalue weighted by atomic mass is 9.84. The molecule has 8 heteroatoms. The summed E-state index contributed by atoms with van der Waals surface area (Å²) in [7, 11) is -3.86. The number of hydrogen-bond acceptors (Lipinski definition) is 4. The molecular weight excluding hydrogens is 344 g/mol. The highest BCUT2D eigenvalue weighted by Gasteiger charge is 2.47. The molecule has 1 aromatic rings. The van der Waals surface area contributed by atoms with Crippen molar-refractivity contribution in [3.05, 3.63) is 29.3 Å². The third-order valence-electron chi connectivity index (χ3n) is 5.34. The predicted octanol–water partition coefficient (Wildman–Crippen LogP) is 1.50. The van der Waals surface area contributed by atoms with E-state index in [4.69, 9.17) is 5.14 Å². The number of benzene rings is 1. The number of carboxylic acids is 1. The van der Waals surface area contributed by atoms with Gasteiger partial charge in [0.25, 0.3) is 5.91 Å². The van der Waals surface area contributed by atoms with E-state index < -0.39 is 22.0 Å². The molecule has 1 aromatic carbocycles. The van der Waals surface area contributed by atoms with E-state index in [0.717, 1.165) is 25.7 Å². The fourth-order valence-electron chi connectivity index (χ4n) is 4.22. The molecule has 1 heterocycles. The van der Waals surface area contributed by atoms with Crippen molar-refractivity contribution < 1.29 is 23.1 Å². The highest BCUT2D eigenvalue weighted by atomic mass is 32.2. The normalized spacial score (nSPS) is 26.3. The van der Waals surface area contributed by atoms with Gasteiger partial charge in [-0.2, -0.15) is 0 Å². The zero-order valence-corrected chi connectivity index (χ0v) is 14.8. The number of nitrogens with zero attached hydrogens (tertiary/aromatic N) is 1. The van der Waals surface area contributed by atoms with Gasteiger partial charge in [-0.25, -0.2) is 18.4 Å². The van der Waals surface area contributed by atoms with Crippen LogP contribution in [0.5, 0.6) is 0 Å². The fourth-order valence-corrected chi connectivity index (χ4v) is 4.99. The molecule has 7 nitrogen and oxygen atoms in total. The second-order valence-electron chi connectivity index (χ2n) is 6.94. The Morgan fingerprint density at radius 3 is 2.52 bits per heavy atom. The number of carbonyl (C=O) groups excluding carboxylic acids is 1. The molecule has 0 bridgehead atoms. The van der Waals surface area contributed by atoms with E-state index in [1.54, 1.807) is 6.92 Å². The Bertz CT molecular complexity index is 820. The van der Waals surface area contributed by atoms with E-state index in [9.17, 15) is 23.1 Å². The van der Waals surface area contributed by atoms with Gasteiger partial charge in [-0.1, -0.05) is 12.8 Å². The number of aliphatic carboxylic acids is 1. The SMILES string of the molecule is Cc1cc(C(=O)N2[C@H](C(=O)O)C[C@H]3CCCC[C@@H]32)ccc1S(N)(=O)=O. The van der Waals surface area contributed by atoms with Crippen LogP contribution in [0.1, 0.15) is 48.0 Å². The summed E-state index contributed by atoms with van der Waals surface area (Å²) in [5.74, 6) is -1.12. The van der Waals surface area contributed by atoms with Crippen LogP contribution in [0.2, 0.25) is 0 Å². The van der Waals surface area contributed by atoms with E-state index in [-0.39, 0.29) is 22.8 Å². The van der Waals surface area contributed by atoms with E-state index >= 15 is 0 Å². The second-order valence-corrected chi connectivity index (χ2v) is 8.47. The smallest absolute Gasteiger partial charge is 0.326 e. The van der Waals surface area contributed by atoms with Gasteiger partial charge in [0.05, 0.1) is 4.90 Å². The molecule has 0 spiro atoms. The zero-order chi connectivity index (χ0) is 18.4. The summed E-state index contributed by atoms with van der Waals surface area (Å²) in [6.45, 7) is 1.57. The van der Waals surface area contributed by atoms with Gasteiger partial charge in [0.1, 0.15) is 6.04 Å². The fraction of sp³-hybridized carbons (Fsp3) is 0.529. The molecule has 1 aliphatic heterocycles. The van der Waals surface area contributed by atoms with Gasteiger partial charge in [0, 0.05) is 11.6 Å². The van der Waals surface area contributed by atoms with Crippen LogP contribution >= 0.6 is 0 Å². The molecule has 0 radical (unpaired) electrons. The number of fused-ring (bicyclic) bond motifs is 1. The van der Waals surface area contributed by atoms with E-state index in [2.05, 4.69) is 0 Å². The minimum Gasteiger partial charge on any atom is -0.480 e. The summed E-state index contributed by atoms with van der Waals surface area (Å²) in [5.41, 5.74) is 0.669. The predicted molar refractivity (Wildman–Crippen MR) is 90.5 cm³/mol. The summed E-state index contributed by atoms with van der Waals surface area (Å²) in [6, 6.07) is 3.31. The maximum Gasteiger partial charge on any atom is 0.326 e. The third-order valence-corrected chi connectivity index (χ3v) is 6.41. The highest BCUT2D eigenvalue weighted by Crippen LogP contribution is 2.40. The molecule has 3 atom stereocenters. The monoisotopic (exact) mass is 366 g/mol. The summed E-state index contributed by atoms with van der Waals surface area (Å²) >= 11 is 0. The number of aryl methyl sites for hydroxylation is 1. The van der Waals surface area contributed by atoms with Crippen molar-refractivity contribution in [3.8, 4) is 0 Å². The van der Waals surface area contributed by atoms with Crippen molar-refractivity contribution in [1.82, 2.24) is 4.90 Å². The van der Waals surface area contributed by atoms with Crippen LogP contribution in [0.25, 0.3) is 0 Å². The second kappa shape index (κ2) is 6.42. The Labute approximate surface area is 146 Å². The molecule has 1 saturated heterocycles. The van der Waals surface area contributed by atoms with E-state index in [1.165, 1.54) is 23.1 Å². The number of nitrogens with two attached hydrogens (primary N) is 1. The number of carbonyl (C=O) groups is 2. The zero-order valence-electron chi connectivity index (χ0n) is 14.0. The quantitative estimate of drug-likeness (QED) is 0.840. The van der Waals surface area contributed by atoms with Gasteiger partial charge in [0.15, 0.2) is 0 Å². The minimum atomic E-state index is -3.86. The molecule has 1 aliphatic carbocycles. The standard InChI is InChI=1S/C17H22N2O5S/c1-10-8-12(6-7-15(10)25(18,23)24)16(20)19-13-5-3-2-4-11(13)9-14(19)17(21)22/h6-8,11,13-14H,2-5,9H2,1H3,(H,21,22)(H2,18,23,24)/t11-,13+,14+/m1/s1. The van der Waals surface area contributed by atoms with Gasteiger partial charge >= 0.3 is 5.97 Å². The highest BCUT2D eigenvalue weighted by molar-refractivity contribution is 7.89. The van der Waals surface area contributed by atoms with Gasteiger partial charge < -0.3 is 10.0 Å². The molecule has 3 rings (SSSR count). The first-order valence-electron chi connectivity index (χ1n) is 8.39. The molecule has 1 amide bonds. The lowest BCUT2D eigenvalue weighted by molar-refractivity contribution is -0.141. The van der Waals surface area contributed by atoms with Crippen LogP contribution in [0, 0.1) is 12.8 Å². The number of carboxylic acid groups (broad SMARTS) is 1. The van der Waals surface area contributed by atoms with Crippen molar-refractivity contribution >= 4 is 21.9 Å². The van der Waals surface area contributed by atoms with Crippen molar-refractivity contribution in [2.75, 3.05) is 0 Å². The Hall–Kier alpha value is -1.93. The van der Waals surface area contributed by atoms with Gasteiger partial charge in [-0.3, -0.25) is 4.79 Å². The summed E-state index contributed by atoms with van der Waals surface area (Å²) in [5, 5.41) is 14.7. The van der Waals surface area contributed by atoms with Crippen LogP contribution in [0.4, 0.5) is 0 Å². The lowest BCUT2D eigenvalue weighted by Crippen LogP contribution is -2.46. The lowest BCUT2D eigenvalue weighted by Gasteiger charge is -2.33. The Kier molecular flexibility index (Phi) is 4.59. The molecular formula is C17H22N2O5S. The number of hydrogen-bond donors (Lipinski definition) is 2. The average molecular weight is 366 g/mol. The van der Waals surface area contributed by atoms with Crippen molar-refractivity contribution in [1.29, 1.82) is 0 Å². The summed E-state index contributed by atoms with van der Waals surface area (Å²) in [4.78, 5) is 26.1. The van der Waals surface area contributed by atoms with Gasteiger partial charge in [-0.15, -0.1) is 0 Å². The molecule has 2 aliphatic rings. The van der Waals surface area contributed by atoms with Crippen molar-refractivity contribution in [2.24, 2.45) is 11.1 Å². The van der Waals surface area contributed by atoms with Crippen LogP contribution in [-0.4, -0.2) is 42.4 Å². The average Bonchev–Trinajstić information content (AvgIpc) is 2.92. The summed E-state index contributed by atoms with van der Waals surface area (Å²) < 4.78 is 23.0. The van der Waals surface area contributed by atoms with Crippen LogP contribution in [0.3, 0.4) is 0 Å². The van der Waals surface area contributed by atoms with Crippen LogP contribution < -0.4 is 5.14 Å². The molecule has 0 unspecified atom stereocenters. The molecule has 25 heavy (non-hydrogen) atoms. The van der Waals surface area contributed by atoms with Gasteiger partial charge in [-0.05, 0) is 55.9 Å². The van der Waals surface area contributed by atoms with E-state index in [1.807, 2.05) is 0 Å².